The lowest BCUT2D eigenvalue weighted by molar-refractivity contribution is -0.165. The Kier molecular flexibility index (Phi) is 9.09. The third-order valence-corrected chi connectivity index (χ3v) is 12.1. The molecule has 0 aromatic heterocycles. The first-order valence-corrected chi connectivity index (χ1v) is 15.8. The molecule has 0 bridgehead atoms. The van der Waals surface area contributed by atoms with Crippen molar-refractivity contribution in [3.05, 3.63) is 34.6 Å². The summed E-state index contributed by atoms with van der Waals surface area (Å²) in [6.45, 7) is 6.32. The summed E-state index contributed by atoms with van der Waals surface area (Å²) in [5, 5.41) is 11.1. The van der Waals surface area contributed by atoms with Crippen LogP contribution in [-0.2, 0) is 19.1 Å². The molecule has 248 valence electrons. The van der Waals surface area contributed by atoms with Gasteiger partial charge in [0.1, 0.15) is 23.5 Å². The van der Waals surface area contributed by atoms with Gasteiger partial charge in [0.25, 0.3) is 5.91 Å². The number of carbonyl (C=O) groups excluding carboxylic acids is 3. The van der Waals surface area contributed by atoms with Crippen molar-refractivity contribution >= 4 is 23.6 Å². The van der Waals surface area contributed by atoms with E-state index < -0.39 is 77.5 Å². The summed E-state index contributed by atoms with van der Waals surface area (Å²) in [6.07, 6.45) is 6.19. The van der Waals surface area contributed by atoms with Gasteiger partial charge in [0, 0.05) is 12.3 Å². The first-order chi connectivity index (χ1) is 21.1. The molecule has 4 aliphatic rings. The lowest BCUT2D eigenvalue weighted by Crippen LogP contribution is -2.54. The Morgan fingerprint density at radius 2 is 1.44 bits per heavy atom. The van der Waals surface area contributed by atoms with Crippen LogP contribution in [0.2, 0.25) is 0 Å². The quantitative estimate of drug-likeness (QED) is 0.145. The largest absolute Gasteiger partial charge is 0.481 e. The molecule has 9 atom stereocenters. The van der Waals surface area contributed by atoms with E-state index in [4.69, 9.17) is 9.84 Å². The van der Waals surface area contributed by atoms with Gasteiger partial charge >= 0.3 is 11.9 Å². The molecule has 4 aliphatic carbocycles. The van der Waals surface area contributed by atoms with Crippen molar-refractivity contribution in [2.24, 2.45) is 40.4 Å². The number of rotatable bonds is 8. The summed E-state index contributed by atoms with van der Waals surface area (Å²) in [5.41, 5.74) is -1.72. The van der Waals surface area contributed by atoms with Gasteiger partial charge in [0.05, 0.1) is 0 Å². The fraction of sp³-hybridized carbons (Fsp3) is 0.697. The number of carboxylic acids is 1. The zero-order chi connectivity index (χ0) is 33.0. The van der Waals surface area contributed by atoms with E-state index in [1.54, 1.807) is 6.92 Å². The molecular formula is C33H40F5NO6. The van der Waals surface area contributed by atoms with Gasteiger partial charge in [0.2, 0.25) is 5.82 Å². The minimum Gasteiger partial charge on any atom is -0.481 e. The summed E-state index contributed by atoms with van der Waals surface area (Å²) in [4.78, 5) is 49.5. The third-order valence-electron chi connectivity index (χ3n) is 12.1. The predicted molar refractivity (Wildman–Crippen MR) is 150 cm³/mol. The highest BCUT2D eigenvalue weighted by molar-refractivity contribution is 5.97. The molecule has 45 heavy (non-hydrogen) atoms. The molecule has 0 heterocycles. The van der Waals surface area contributed by atoms with Crippen LogP contribution >= 0.6 is 0 Å². The molecule has 4 fully saturated rings. The summed E-state index contributed by atoms with van der Waals surface area (Å²) < 4.78 is 75.1. The van der Waals surface area contributed by atoms with Crippen LogP contribution in [0.4, 0.5) is 22.0 Å². The lowest BCUT2D eigenvalue weighted by Gasteiger charge is -2.61. The molecule has 12 heteroatoms. The number of hydrogen-bond acceptors (Lipinski definition) is 5. The molecule has 0 radical (unpaired) electrons. The summed E-state index contributed by atoms with van der Waals surface area (Å²) in [6, 6.07) is -1.69. The fourth-order valence-corrected chi connectivity index (χ4v) is 9.79. The maximum absolute atomic E-state index is 14.2. The van der Waals surface area contributed by atoms with Gasteiger partial charge < -0.3 is 15.2 Å². The standard InChI is InChI=1S/C33H40F5NO6/c1-15(40)19-6-7-20-18-5-4-16-14-17(10-12-32(16,2)21(18)11-13-33(19,20)3)45-31(44)22(8-9-23(41)42)39-30(43)24-25(34)27(36)29(38)28(37)26(24)35/h16-22H,4-14H2,1-3H3,(H,39,43)(H,41,42)/t16-,17-,18+,19-,20+,21+,22+,32+,33-/m1/s1. The van der Waals surface area contributed by atoms with Crippen LogP contribution < -0.4 is 5.32 Å². The molecule has 0 spiro atoms. The number of fused-ring (bicyclic) bond motifs is 5. The van der Waals surface area contributed by atoms with E-state index in [0.29, 0.717) is 30.6 Å². The third kappa shape index (κ3) is 5.75. The topological polar surface area (TPSA) is 110 Å². The number of carboxylic acid groups (broad SMARTS) is 1. The number of ether oxygens (including phenoxy) is 1. The molecule has 7 nitrogen and oxygen atoms in total. The SMILES string of the molecule is CC(=O)[C@H]1CC[C@H]2[C@@H]3CC[C@@H]4C[C@H](OC(=O)[C@H](CCC(=O)O)NC(=O)c5c(F)c(F)c(F)c(F)c5F)CC[C@]4(C)[C@H]3CC[C@]12C. The summed E-state index contributed by atoms with van der Waals surface area (Å²) in [5.74, 6) is -13.8. The number of aliphatic carboxylic acids is 1. The minimum atomic E-state index is -2.44. The first-order valence-electron chi connectivity index (χ1n) is 15.8. The van der Waals surface area contributed by atoms with E-state index >= 15 is 0 Å². The maximum Gasteiger partial charge on any atom is 0.328 e. The van der Waals surface area contributed by atoms with E-state index in [-0.39, 0.29) is 28.4 Å². The number of Topliss-reactive ketones (excluding diaryl/α,β-unsaturated/α-hetero) is 1. The van der Waals surface area contributed by atoms with Crippen LogP contribution in [-0.4, -0.2) is 40.9 Å². The van der Waals surface area contributed by atoms with Crippen LogP contribution in [0.5, 0.6) is 0 Å². The molecule has 5 rings (SSSR count). The highest BCUT2D eigenvalue weighted by Gasteiger charge is 2.61. The smallest absolute Gasteiger partial charge is 0.328 e. The Morgan fingerprint density at radius 1 is 0.844 bits per heavy atom. The predicted octanol–water partition coefficient (Wildman–Crippen LogP) is 6.51. The summed E-state index contributed by atoms with van der Waals surface area (Å²) in [7, 11) is 0. The average molecular weight is 642 g/mol. The maximum atomic E-state index is 14.2. The van der Waals surface area contributed by atoms with Crippen molar-refractivity contribution in [2.45, 2.75) is 104 Å². The number of ketones is 1. The Hall–Kier alpha value is -3.05. The van der Waals surface area contributed by atoms with Crippen molar-refractivity contribution in [3.63, 3.8) is 0 Å². The minimum absolute atomic E-state index is 0.0180. The molecular weight excluding hydrogens is 601 g/mol. The Balaban J connectivity index is 1.27. The van der Waals surface area contributed by atoms with E-state index in [0.717, 1.165) is 44.9 Å². The molecule has 2 N–H and O–H groups in total. The average Bonchev–Trinajstić information content (AvgIpc) is 3.35. The number of hydrogen-bond donors (Lipinski definition) is 2. The second-order valence-electron chi connectivity index (χ2n) is 14.2. The summed E-state index contributed by atoms with van der Waals surface area (Å²) >= 11 is 0. The molecule has 1 aromatic rings. The van der Waals surface area contributed by atoms with Crippen molar-refractivity contribution in [3.8, 4) is 0 Å². The Bertz CT molecular complexity index is 1370. The normalized spacial score (nSPS) is 34.6. The van der Waals surface area contributed by atoms with Crippen molar-refractivity contribution in [1.29, 1.82) is 0 Å². The number of esters is 1. The van der Waals surface area contributed by atoms with Crippen molar-refractivity contribution in [1.82, 2.24) is 5.32 Å². The number of benzene rings is 1. The van der Waals surface area contributed by atoms with Gasteiger partial charge in [-0.2, -0.15) is 0 Å². The van der Waals surface area contributed by atoms with Gasteiger partial charge in [-0.05, 0) is 106 Å². The molecule has 0 unspecified atom stereocenters. The molecule has 4 saturated carbocycles. The van der Waals surface area contributed by atoms with Gasteiger partial charge in [-0.1, -0.05) is 13.8 Å². The fourth-order valence-electron chi connectivity index (χ4n) is 9.79. The second-order valence-corrected chi connectivity index (χ2v) is 14.2. The van der Waals surface area contributed by atoms with Gasteiger partial charge in [0.15, 0.2) is 23.3 Å². The molecule has 1 amide bonds. The lowest BCUT2D eigenvalue weighted by atomic mass is 9.44. The number of nitrogens with one attached hydrogen (secondary N) is 1. The number of halogens is 5. The van der Waals surface area contributed by atoms with Crippen molar-refractivity contribution in [2.75, 3.05) is 0 Å². The van der Waals surface area contributed by atoms with Gasteiger partial charge in [-0.25, -0.2) is 26.7 Å². The van der Waals surface area contributed by atoms with Crippen LogP contribution in [0.3, 0.4) is 0 Å². The van der Waals surface area contributed by atoms with E-state index in [1.165, 1.54) is 0 Å². The monoisotopic (exact) mass is 641 g/mol. The van der Waals surface area contributed by atoms with Crippen LogP contribution in [0.25, 0.3) is 0 Å². The zero-order valence-electron chi connectivity index (χ0n) is 25.7. The Morgan fingerprint density at radius 3 is 2.07 bits per heavy atom. The van der Waals surface area contributed by atoms with E-state index in [9.17, 15) is 41.1 Å². The van der Waals surface area contributed by atoms with Crippen LogP contribution in [0.15, 0.2) is 0 Å². The first kappa shape index (κ1) is 33.3. The molecule has 0 saturated heterocycles. The molecule has 0 aliphatic heterocycles. The number of amides is 1. The van der Waals surface area contributed by atoms with Crippen LogP contribution in [0.1, 0.15) is 102 Å². The number of carbonyl (C=O) groups is 4. The van der Waals surface area contributed by atoms with E-state index in [1.807, 2.05) is 5.32 Å². The van der Waals surface area contributed by atoms with Gasteiger partial charge in [-0.3, -0.25) is 14.4 Å². The van der Waals surface area contributed by atoms with E-state index in [2.05, 4.69) is 13.8 Å². The highest BCUT2D eigenvalue weighted by Crippen LogP contribution is 2.67. The van der Waals surface area contributed by atoms with Gasteiger partial charge in [-0.15, -0.1) is 0 Å². The highest BCUT2D eigenvalue weighted by atomic mass is 19.2. The molecule has 1 aromatic carbocycles. The Labute approximate surface area is 258 Å². The van der Waals surface area contributed by atoms with Crippen molar-refractivity contribution < 1.29 is 51.0 Å². The second kappa shape index (κ2) is 12.3. The van der Waals surface area contributed by atoms with Crippen LogP contribution in [0, 0.1) is 69.5 Å². The zero-order valence-corrected chi connectivity index (χ0v) is 25.7.